The smallest absolute Gasteiger partial charge is 0.243 e. The first-order valence-electron chi connectivity index (χ1n) is 10.6. The molecule has 10 heteroatoms. The molecule has 1 atom stereocenters. The van der Waals surface area contributed by atoms with E-state index in [9.17, 15) is 21.6 Å². The third-order valence-electron chi connectivity index (χ3n) is 6.45. The molecule has 0 aromatic heterocycles. The summed E-state index contributed by atoms with van der Waals surface area (Å²) in [6.07, 6.45) is 3.87. The lowest BCUT2D eigenvalue weighted by Crippen LogP contribution is -2.44. The molecule has 30 heavy (non-hydrogen) atoms. The molecule has 3 aliphatic heterocycles. The van der Waals surface area contributed by atoms with Crippen LogP contribution in [0.4, 0.5) is 5.69 Å². The zero-order chi connectivity index (χ0) is 21.4. The average Bonchev–Trinajstić information content (AvgIpc) is 3.39. The maximum absolute atomic E-state index is 12.6. The van der Waals surface area contributed by atoms with E-state index in [4.69, 9.17) is 0 Å². The van der Waals surface area contributed by atoms with E-state index in [1.54, 1.807) is 24.3 Å². The lowest BCUT2D eigenvalue weighted by atomic mass is 9.94. The van der Waals surface area contributed by atoms with Gasteiger partial charge in [-0.05, 0) is 69.5 Å². The van der Waals surface area contributed by atoms with Crippen LogP contribution in [0.25, 0.3) is 0 Å². The summed E-state index contributed by atoms with van der Waals surface area (Å²) in [7, 11) is -6.36. The van der Waals surface area contributed by atoms with Gasteiger partial charge in [0.25, 0.3) is 0 Å². The molecule has 0 spiro atoms. The summed E-state index contributed by atoms with van der Waals surface area (Å²) in [6, 6.07) is 6.46. The Labute approximate surface area is 178 Å². The van der Waals surface area contributed by atoms with Gasteiger partial charge in [0.2, 0.25) is 15.9 Å². The van der Waals surface area contributed by atoms with Crippen LogP contribution < -0.4 is 5.32 Å². The number of anilines is 1. The number of nitrogens with zero attached hydrogens (tertiary/aromatic N) is 2. The number of carbonyl (C=O) groups is 1. The number of nitrogens with one attached hydrogen (secondary N) is 1. The average molecular weight is 456 g/mol. The van der Waals surface area contributed by atoms with Crippen LogP contribution in [-0.4, -0.2) is 75.7 Å². The van der Waals surface area contributed by atoms with Crippen molar-refractivity contribution in [3.63, 3.8) is 0 Å². The van der Waals surface area contributed by atoms with Crippen molar-refractivity contribution >= 4 is 31.5 Å². The normalized spacial score (nSPS) is 26.1. The minimum absolute atomic E-state index is 0.0659. The van der Waals surface area contributed by atoms with Crippen LogP contribution in [0.5, 0.6) is 0 Å². The molecule has 1 aromatic carbocycles. The van der Waals surface area contributed by atoms with Crippen molar-refractivity contribution in [2.75, 3.05) is 43.0 Å². The molecule has 3 heterocycles. The Morgan fingerprint density at radius 1 is 0.967 bits per heavy atom. The van der Waals surface area contributed by atoms with E-state index < -0.39 is 19.9 Å². The molecule has 8 nitrogen and oxygen atoms in total. The van der Waals surface area contributed by atoms with E-state index in [0.29, 0.717) is 38.0 Å². The molecule has 3 aliphatic rings. The van der Waals surface area contributed by atoms with Crippen molar-refractivity contribution < 1.29 is 21.6 Å². The van der Waals surface area contributed by atoms with Crippen molar-refractivity contribution in [1.29, 1.82) is 0 Å². The number of rotatable bonds is 5. The van der Waals surface area contributed by atoms with Gasteiger partial charge in [-0.25, -0.2) is 16.8 Å². The molecule has 0 aliphatic carbocycles. The molecule has 3 saturated heterocycles. The predicted molar refractivity (Wildman–Crippen MR) is 114 cm³/mol. The number of likely N-dealkylation sites (tertiary alicyclic amines) is 1. The second-order valence-electron chi connectivity index (χ2n) is 8.49. The van der Waals surface area contributed by atoms with Gasteiger partial charge in [-0.1, -0.05) is 0 Å². The van der Waals surface area contributed by atoms with Crippen LogP contribution in [0.15, 0.2) is 29.2 Å². The van der Waals surface area contributed by atoms with Crippen molar-refractivity contribution in [3.05, 3.63) is 24.3 Å². The molecule has 166 valence electrons. The fourth-order valence-corrected chi connectivity index (χ4v) is 7.90. The summed E-state index contributed by atoms with van der Waals surface area (Å²) in [5, 5.41) is 2.90. The molecule has 4 rings (SSSR count). The van der Waals surface area contributed by atoms with E-state index in [1.807, 2.05) is 0 Å². The van der Waals surface area contributed by atoms with Crippen LogP contribution in [-0.2, 0) is 24.7 Å². The number of piperidine rings is 1. The fraction of sp³-hybridized carbons (Fsp3) is 0.650. The number of hydrogen-bond acceptors (Lipinski definition) is 6. The number of amides is 1. The number of hydrogen-bond donors (Lipinski definition) is 1. The number of sulfonamides is 1. The van der Waals surface area contributed by atoms with E-state index >= 15 is 0 Å². The molecule has 1 aromatic rings. The topological polar surface area (TPSA) is 104 Å². The molecule has 1 N–H and O–H groups in total. The third kappa shape index (κ3) is 4.71. The number of carbonyl (C=O) groups excluding carboxylic acids is 1. The van der Waals surface area contributed by atoms with E-state index in [2.05, 4.69) is 10.2 Å². The summed E-state index contributed by atoms with van der Waals surface area (Å²) < 4.78 is 50.1. The Kier molecular flexibility index (Phi) is 6.20. The maximum Gasteiger partial charge on any atom is 0.243 e. The second-order valence-corrected chi connectivity index (χ2v) is 12.7. The Balaban J connectivity index is 1.30. The van der Waals surface area contributed by atoms with E-state index in [0.717, 1.165) is 25.9 Å². The Morgan fingerprint density at radius 3 is 2.17 bits per heavy atom. The van der Waals surface area contributed by atoms with Crippen molar-refractivity contribution in [3.8, 4) is 0 Å². The Hall–Kier alpha value is -1.49. The van der Waals surface area contributed by atoms with Gasteiger partial charge in [-0.15, -0.1) is 0 Å². The summed E-state index contributed by atoms with van der Waals surface area (Å²) in [5.41, 5.74) is 0.588. The van der Waals surface area contributed by atoms with Gasteiger partial charge in [0, 0.05) is 30.7 Å². The molecule has 0 bridgehead atoms. The highest BCUT2D eigenvalue weighted by atomic mass is 32.2. The zero-order valence-electron chi connectivity index (χ0n) is 17.0. The lowest BCUT2D eigenvalue weighted by Gasteiger charge is -2.34. The van der Waals surface area contributed by atoms with E-state index in [1.165, 1.54) is 4.31 Å². The molecule has 0 radical (unpaired) electrons. The Bertz CT molecular complexity index is 978. The highest BCUT2D eigenvalue weighted by Crippen LogP contribution is 2.26. The standard InChI is InChI=1S/C20H29N3O5S2/c24-20(16-7-12-22(13-8-16)18-9-14-29(25,26)15-18)21-17-3-5-19(6-4-17)30(27,28)23-10-1-2-11-23/h3-6,16,18H,1-2,7-15H2,(H,21,24)/t18-/m1/s1. The monoisotopic (exact) mass is 455 g/mol. The summed E-state index contributed by atoms with van der Waals surface area (Å²) in [5.74, 6) is 0.314. The van der Waals surface area contributed by atoms with E-state index in [-0.39, 0.29) is 34.3 Å². The van der Waals surface area contributed by atoms with Gasteiger partial charge in [0.15, 0.2) is 9.84 Å². The summed E-state index contributed by atoms with van der Waals surface area (Å²) >= 11 is 0. The number of sulfone groups is 1. The van der Waals surface area contributed by atoms with Crippen LogP contribution in [0.3, 0.4) is 0 Å². The van der Waals surface area contributed by atoms with Crippen molar-refractivity contribution in [1.82, 2.24) is 9.21 Å². The summed E-state index contributed by atoms with van der Waals surface area (Å²) in [6.45, 7) is 2.58. The molecule has 3 fully saturated rings. The van der Waals surface area contributed by atoms with Gasteiger partial charge < -0.3 is 5.32 Å². The quantitative estimate of drug-likeness (QED) is 0.718. The maximum atomic E-state index is 12.6. The van der Waals surface area contributed by atoms with Gasteiger partial charge >= 0.3 is 0 Å². The number of benzene rings is 1. The molecular formula is C20H29N3O5S2. The van der Waals surface area contributed by atoms with Gasteiger partial charge in [0.05, 0.1) is 16.4 Å². The Morgan fingerprint density at radius 2 is 1.60 bits per heavy atom. The highest BCUT2D eigenvalue weighted by Gasteiger charge is 2.35. The van der Waals surface area contributed by atoms with Crippen LogP contribution in [0, 0.1) is 5.92 Å². The third-order valence-corrected chi connectivity index (χ3v) is 10.1. The minimum Gasteiger partial charge on any atom is -0.326 e. The van der Waals surface area contributed by atoms with Crippen LogP contribution >= 0.6 is 0 Å². The van der Waals surface area contributed by atoms with Gasteiger partial charge in [-0.2, -0.15) is 4.31 Å². The van der Waals surface area contributed by atoms with Gasteiger partial charge in [0.1, 0.15) is 0 Å². The van der Waals surface area contributed by atoms with Crippen molar-refractivity contribution in [2.24, 2.45) is 5.92 Å². The molecular weight excluding hydrogens is 426 g/mol. The summed E-state index contributed by atoms with van der Waals surface area (Å²) in [4.78, 5) is 15.1. The van der Waals surface area contributed by atoms with Crippen molar-refractivity contribution in [2.45, 2.75) is 43.0 Å². The first kappa shape index (κ1) is 21.7. The van der Waals surface area contributed by atoms with Crippen LogP contribution in [0.2, 0.25) is 0 Å². The first-order valence-corrected chi connectivity index (χ1v) is 13.9. The highest BCUT2D eigenvalue weighted by molar-refractivity contribution is 7.91. The zero-order valence-corrected chi connectivity index (χ0v) is 18.6. The fourth-order valence-electron chi connectivity index (χ4n) is 4.62. The largest absolute Gasteiger partial charge is 0.326 e. The first-order chi connectivity index (χ1) is 14.2. The van der Waals surface area contributed by atoms with Crippen LogP contribution in [0.1, 0.15) is 32.1 Å². The molecule has 0 unspecified atom stereocenters. The SMILES string of the molecule is O=C(Nc1ccc(S(=O)(=O)N2CCCC2)cc1)C1CCN([C@@H]2CCS(=O)(=O)C2)CC1. The molecule has 1 amide bonds. The molecule has 0 saturated carbocycles. The minimum atomic E-state index is -3.45. The van der Waals surface area contributed by atoms with Gasteiger partial charge in [-0.3, -0.25) is 9.69 Å². The second kappa shape index (κ2) is 8.57. The predicted octanol–water partition coefficient (Wildman–Crippen LogP) is 1.31. The lowest BCUT2D eigenvalue weighted by molar-refractivity contribution is -0.121.